The molecule has 2 heteroatoms. The number of Topliss-reactive ketones (excluding diaryl/α,β-unsaturated/α-hetero) is 1. The highest BCUT2D eigenvalue weighted by Gasteiger charge is 2.23. The summed E-state index contributed by atoms with van der Waals surface area (Å²) in [6.45, 7) is 7.24. The van der Waals surface area contributed by atoms with E-state index in [1.54, 1.807) is 0 Å². The predicted octanol–water partition coefficient (Wildman–Crippen LogP) is 3.74. The molecule has 0 saturated carbocycles. The van der Waals surface area contributed by atoms with Gasteiger partial charge in [-0.1, -0.05) is 45.0 Å². The van der Waals surface area contributed by atoms with E-state index in [4.69, 9.17) is 4.74 Å². The molecule has 1 atom stereocenters. The van der Waals surface area contributed by atoms with Crippen LogP contribution in [0.5, 0.6) is 0 Å². The van der Waals surface area contributed by atoms with E-state index < -0.39 is 0 Å². The Labute approximate surface area is 109 Å². The SMILES string of the molecule is CC(C)(C)c1ccc(C(=O)C2CCCCO2)cc1. The maximum atomic E-state index is 12.2. The zero-order chi connectivity index (χ0) is 13.2. The minimum atomic E-state index is -0.223. The molecule has 1 aromatic carbocycles. The lowest BCUT2D eigenvalue weighted by Crippen LogP contribution is -2.28. The van der Waals surface area contributed by atoms with Crippen LogP contribution in [0, 0.1) is 0 Å². The Kier molecular flexibility index (Phi) is 3.86. The zero-order valence-corrected chi connectivity index (χ0v) is 11.5. The molecule has 1 aliphatic rings. The van der Waals surface area contributed by atoms with Crippen molar-refractivity contribution in [2.75, 3.05) is 6.61 Å². The molecule has 0 N–H and O–H groups in total. The Bertz CT molecular complexity index is 406. The first-order valence-corrected chi connectivity index (χ1v) is 6.75. The van der Waals surface area contributed by atoms with Crippen LogP contribution in [0.25, 0.3) is 0 Å². The molecule has 1 heterocycles. The number of ketones is 1. The van der Waals surface area contributed by atoms with Crippen LogP contribution in [0.4, 0.5) is 0 Å². The van der Waals surface area contributed by atoms with Crippen molar-refractivity contribution in [1.82, 2.24) is 0 Å². The Hall–Kier alpha value is -1.15. The molecule has 0 aromatic heterocycles. The van der Waals surface area contributed by atoms with E-state index in [1.165, 1.54) is 5.56 Å². The summed E-state index contributed by atoms with van der Waals surface area (Å²) in [7, 11) is 0. The topological polar surface area (TPSA) is 26.3 Å². The first-order chi connectivity index (χ1) is 8.48. The number of hydrogen-bond acceptors (Lipinski definition) is 2. The van der Waals surface area contributed by atoms with Crippen molar-refractivity contribution in [3.63, 3.8) is 0 Å². The number of ether oxygens (including phenoxy) is 1. The first kappa shape index (κ1) is 13.3. The third-order valence-electron chi connectivity index (χ3n) is 3.51. The largest absolute Gasteiger partial charge is 0.370 e. The van der Waals surface area contributed by atoms with Crippen molar-refractivity contribution >= 4 is 5.78 Å². The third kappa shape index (κ3) is 2.99. The molecule has 98 valence electrons. The minimum absolute atomic E-state index is 0.128. The summed E-state index contributed by atoms with van der Waals surface area (Å²) in [6.07, 6.45) is 2.81. The van der Waals surface area contributed by atoms with Gasteiger partial charge >= 0.3 is 0 Å². The molecular formula is C16H22O2. The molecule has 0 bridgehead atoms. The number of carbonyl (C=O) groups is 1. The second-order valence-corrected chi connectivity index (χ2v) is 6.05. The van der Waals surface area contributed by atoms with Gasteiger partial charge in [-0.15, -0.1) is 0 Å². The molecule has 18 heavy (non-hydrogen) atoms. The molecule has 0 amide bonds. The number of benzene rings is 1. The van der Waals surface area contributed by atoms with Gasteiger partial charge in [0, 0.05) is 12.2 Å². The molecule has 1 fully saturated rings. The first-order valence-electron chi connectivity index (χ1n) is 6.75. The van der Waals surface area contributed by atoms with Crippen LogP contribution in [0.15, 0.2) is 24.3 Å². The van der Waals surface area contributed by atoms with E-state index in [9.17, 15) is 4.79 Å². The van der Waals surface area contributed by atoms with Gasteiger partial charge in [-0.3, -0.25) is 4.79 Å². The summed E-state index contributed by atoms with van der Waals surface area (Å²) < 4.78 is 5.54. The normalized spacial score (nSPS) is 20.7. The van der Waals surface area contributed by atoms with Crippen LogP contribution in [-0.2, 0) is 10.2 Å². The summed E-state index contributed by atoms with van der Waals surface area (Å²) in [6, 6.07) is 7.97. The van der Waals surface area contributed by atoms with Gasteiger partial charge in [0.25, 0.3) is 0 Å². The van der Waals surface area contributed by atoms with Gasteiger partial charge in [0.2, 0.25) is 0 Å². The van der Waals surface area contributed by atoms with E-state index >= 15 is 0 Å². The summed E-state index contributed by atoms with van der Waals surface area (Å²) in [4.78, 5) is 12.2. The van der Waals surface area contributed by atoms with Gasteiger partial charge in [0.15, 0.2) is 5.78 Å². The molecule has 1 saturated heterocycles. The van der Waals surface area contributed by atoms with Gasteiger partial charge in [0.05, 0.1) is 0 Å². The van der Waals surface area contributed by atoms with Crippen molar-refractivity contribution in [2.24, 2.45) is 0 Å². The van der Waals surface area contributed by atoms with E-state index in [0.29, 0.717) is 0 Å². The molecule has 1 aliphatic heterocycles. The van der Waals surface area contributed by atoms with Crippen LogP contribution >= 0.6 is 0 Å². The second-order valence-electron chi connectivity index (χ2n) is 6.05. The van der Waals surface area contributed by atoms with Crippen molar-refractivity contribution in [3.05, 3.63) is 35.4 Å². The Morgan fingerprint density at radius 2 is 1.83 bits per heavy atom. The number of hydrogen-bond donors (Lipinski definition) is 0. The lowest BCUT2D eigenvalue weighted by Gasteiger charge is -2.22. The third-order valence-corrected chi connectivity index (χ3v) is 3.51. The number of carbonyl (C=O) groups excluding carboxylic acids is 1. The highest BCUT2D eigenvalue weighted by molar-refractivity contribution is 5.99. The highest BCUT2D eigenvalue weighted by atomic mass is 16.5. The molecular weight excluding hydrogens is 224 g/mol. The molecule has 0 spiro atoms. The Morgan fingerprint density at radius 3 is 2.33 bits per heavy atom. The quantitative estimate of drug-likeness (QED) is 0.743. The molecule has 1 unspecified atom stereocenters. The smallest absolute Gasteiger partial charge is 0.191 e. The maximum Gasteiger partial charge on any atom is 0.191 e. The summed E-state index contributed by atoms with van der Waals surface area (Å²) in [5.74, 6) is 0.134. The Balaban J connectivity index is 2.11. The van der Waals surface area contributed by atoms with Crippen LogP contribution < -0.4 is 0 Å². The molecule has 1 aromatic rings. The van der Waals surface area contributed by atoms with Crippen LogP contribution in [0.3, 0.4) is 0 Å². The van der Waals surface area contributed by atoms with E-state index in [-0.39, 0.29) is 17.3 Å². The average molecular weight is 246 g/mol. The lowest BCUT2D eigenvalue weighted by molar-refractivity contribution is 0.0186. The monoisotopic (exact) mass is 246 g/mol. The average Bonchev–Trinajstić information content (AvgIpc) is 2.38. The molecule has 2 nitrogen and oxygen atoms in total. The van der Waals surface area contributed by atoms with Gasteiger partial charge in [-0.2, -0.15) is 0 Å². The van der Waals surface area contributed by atoms with Crippen molar-refractivity contribution in [1.29, 1.82) is 0 Å². The second kappa shape index (κ2) is 5.23. The van der Waals surface area contributed by atoms with E-state index in [0.717, 1.165) is 31.4 Å². The fourth-order valence-corrected chi connectivity index (χ4v) is 2.27. The number of rotatable bonds is 2. The van der Waals surface area contributed by atoms with Crippen LogP contribution in [-0.4, -0.2) is 18.5 Å². The molecule has 0 aliphatic carbocycles. The molecule has 2 rings (SSSR count). The maximum absolute atomic E-state index is 12.2. The lowest BCUT2D eigenvalue weighted by atomic mass is 9.86. The predicted molar refractivity (Wildman–Crippen MR) is 73.1 cm³/mol. The van der Waals surface area contributed by atoms with Crippen LogP contribution in [0.2, 0.25) is 0 Å². The highest BCUT2D eigenvalue weighted by Crippen LogP contribution is 2.23. The van der Waals surface area contributed by atoms with E-state index in [1.807, 2.05) is 12.1 Å². The summed E-state index contributed by atoms with van der Waals surface area (Å²) in [5.41, 5.74) is 2.15. The van der Waals surface area contributed by atoms with Gasteiger partial charge < -0.3 is 4.74 Å². The van der Waals surface area contributed by atoms with Crippen LogP contribution in [0.1, 0.15) is 56.0 Å². The van der Waals surface area contributed by atoms with E-state index in [2.05, 4.69) is 32.9 Å². The fourth-order valence-electron chi connectivity index (χ4n) is 2.27. The van der Waals surface area contributed by atoms with Gasteiger partial charge in [-0.05, 0) is 30.2 Å². The summed E-state index contributed by atoms with van der Waals surface area (Å²) in [5, 5.41) is 0. The van der Waals surface area contributed by atoms with Crippen molar-refractivity contribution in [2.45, 2.75) is 51.6 Å². The zero-order valence-electron chi connectivity index (χ0n) is 11.5. The van der Waals surface area contributed by atoms with Gasteiger partial charge in [-0.25, -0.2) is 0 Å². The van der Waals surface area contributed by atoms with Crippen molar-refractivity contribution in [3.8, 4) is 0 Å². The Morgan fingerprint density at radius 1 is 1.17 bits per heavy atom. The molecule has 0 radical (unpaired) electrons. The minimum Gasteiger partial charge on any atom is -0.370 e. The van der Waals surface area contributed by atoms with Crippen molar-refractivity contribution < 1.29 is 9.53 Å². The fraction of sp³-hybridized carbons (Fsp3) is 0.562. The van der Waals surface area contributed by atoms with Gasteiger partial charge in [0.1, 0.15) is 6.10 Å². The standard InChI is InChI=1S/C16H22O2/c1-16(2,3)13-9-7-12(8-10-13)15(17)14-6-4-5-11-18-14/h7-10,14H,4-6,11H2,1-3H3. The summed E-state index contributed by atoms with van der Waals surface area (Å²) >= 11 is 0.